The second-order valence-corrected chi connectivity index (χ2v) is 11.4. The van der Waals surface area contributed by atoms with Crippen molar-refractivity contribution in [2.75, 3.05) is 23.4 Å². The number of aryl methyl sites for hydroxylation is 2. The second-order valence-electron chi connectivity index (χ2n) is 8.44. The van der Waals surface area contributed by atoms with Gasteiger partial charge in [0.15, 0.2) is 6.61 Å². The average Bonchev–Trinajstić information content (AvgIpc) is 3.08. The van der Waals surface area contributed by atoms with Crippen LogP contribution in [0.25, 0.3) is 0 Å². The Balaban J connectivity index is 1.31. The highest BCUT2D eigenvalue weighted by Gasteiger charge is 2.55. The molecule has 2 atom stereocenters. The number of nitrogens with one attached hydrogen (secondary N) is 1. The number of hydrogen-bond donors (Lipinski definition) is 1. The molecule has 2 saturated carbocycles. The summed E-state index contributed by atoms with van der Waals surface area (Å²) in [4.78, 5) is 24.9. The molecular weight excluding hydrogens is 390 g/mol. The van der Waals surface area contributed by atoms with E-state index >= 15 is 0 Å². The fraction of sp³-hybridized carbons (Fsp3) is 0.636. The van der Waals surface area contributed by atoms with Crippen LogP contribution >= 0.6 is 23.5 Å². The summed E-state index contributed by atoms with van der Waals surface area (Å²) in [5.41, 5.74) is 2.94. The van der Waals surface area contributed by atoms with Crippen molar-refractivity contribution in [2.45, 2.75) is 50.0 Å². The number of thioether (sulfide) groups is 2. The van der Waals surface area contributed by atoms with E-state index in [0.29, 0.717) is 15.9 Å². The number of anilines is 1. The van der Waals surface area contributed by atoms with Crippen LogP contribution in [0.2, 0.25) is 0 Å². The van der Waals surface area contributed by atoms with Gasteiger partial charge in [0.1, 0.15) is 0 Å². The van der Waals surface area contributed by atoms with E-state index in [4.69, 9.17) is 4.74 Å². The van der Waals surface area contributed by atoms with Crippen molar-refractivity contribution in [1.82, 2.24) is 0 Å². The predicted octanol–water partition coefficient (Wildman–Crippen LogP) is 4.79. The Hall–Kier alpha value is -1.14. The Morgan fingerprint density at radius 1 is 1.07 bits per heavy atom. The zero-order chi connectivity index (χ0) is 19.7. The fourth-order valence-corrected chi connectivity index (χ4v) is 9.24. The highest BCUT2D eigenvalue weighted by atomic mass is 32.2. The molecule has 0 aromatic heterocycles. The quantitative estimate of drug-likeness (QED) is 0.711. The van der Waals surface area contributed by atoms with Crippen molar-refractivity contribution in [2.24, 2.45) is 17.8 Å². The first-order valence-electron chi connectivity index (χ1n) is 10.3. The molecule has 1 amide bonds. The highest BCUT2D eigenvalue weighted by Crippen LogP contribution is 2.64. The van der Waals surface area contributed by atoms with Gasteiger partial charge in [-0.1, -0.05) is 12.5 Å². The van der Waals surface area contributed by atoms with Crippen LogP contribution < -0.4 is 5.32 Å². The van der Waals surface area contributed by atoms with Crippen LogP contribution in [0.1, 0.15) is 43.2 Å². The van der Waals surface area contributed by atoms with Gasteiger partial charge >= 0.3 is 5.97 Å². The SMILES string of the molecule is Cc1cc(C)cc(NC(=O)COC(=O)C2C[C@H]3CCC[C@H](C2)C32SCCS2)c1. The van der Waals surface area contributed by atoms with Gasteiger partial charge in [0.05, 0.1) is 10.00 Å². The smallest absolute Gasteiger partial charge is 0.309 e. The van der Waals surface area contributed by atoms with Crippen LogP contribution in [0.3, 0.4) is 0 Å². The molecule has 1 saturated heterocycles. The lowest BCUT2D eigenvalue weighted by atomic mass is 9.67. The summed E-state index contributed by atoms with van der Waals surface area (Å²) in [6.45, 7) is 3.79. The van der Waals surface area contributed by atoms with Gasteiger partial charge in [-0.3, -0.25) is 9.59 Å². The van der Waals surface area contributed by atoms with Crippen molar-refractivity contribution in [1.29, 1.82) is 0 Å². The third kappa shape index (κ3) is 4.09. The van der Waals surface area contributed by atoms with Gasteiger partial charge in [-0.2, -0.15) is 0 Å². The molecule has 0 radical (unpaired) electrons. The molecule has 28 heavy (non-hydrogen) atoms. The van der Waals surface area contributed by atoms with Gasteiger partial charge in [0, 0.05) is 17.2 Å². The molecule has 3 aliphatic rings. The number of esters is 1. The molecule has 2 aliphatic carbocycles. The van der Waals surface area contributed by atoms with Crippen LogP contribution in [0, 0.1) is 31.6 Å². The molecule has 1 aromatic carbocycles. The predicted molar refractivity (Wildman–Crippen MR) is 117 cm³/mol. The largest absolute Gasteiger partial charge is 0.455 e. The molecule has 1 aromatic rings. The summed E-state index contributed by atoms with van der Waals surface area (Å²) < 4.78 is 5.78. The zero-order valence-corrected chi connectivity index (χ0v) is 18.3. The maximum absolute atomic E-state index is 12.7. The van der Waals surface area contributed by atoms with Gasteiger partial charge in [-0.25, -0.2) is 0 Å². The summed E-state index contributed by atoms with van der Waals surface area (Å²) in [6, 6.07) is 5.90. The lowest BCUT2D eigenvalue weighted by molar-refractivity contribution is -0.154. The Bertz CT molecular complexity index is 724. The molecule has 4 rings (SSSR count). The van der Waals surface area contributed by atoms with Crippen LogP contribution in [0.5, 0.6) is 0 Å². The summed E-state index contributed by atoms with van der Waals surface area (Å²) in [6.07, 6.45) is 5.60. The van der Waals surface area contributed by atoms with Crippen molar-refractivity contribution < 1.29 is 14.3 Å². The molecule has 3 fully saturated rings. The standard InChI is InChI=1S/C22H29NO3S2/c1-14-8-15(2)10-19(9-14)23-20(24)13-26-21(25)16-11-17-4-3-5-18(12-16)22(17)27-6-7-28-22/h8-10,16-18H,3-7,11-13H2,1-2H3,(H,23,24)/t17-,18-/m1/s1. The van der Waals surface area contributed by atoms with E-state index in [1.165, 1.54) is 30.8 Å². The van der Waals surface area contributed by atoms with Crippen molar-refractivity contribution in [3.05, 3.63) is 29.3 Å². The van der Waals surface area contributed by atoms with Crippen molar-refractivity contribution >= 4 is 41.1 Å². The van der Waals surface area contributed by atoms with Crippen LogP contribution in [0.4, 0.5) is 5.69 Å². The number of ether oxygens (including phenoxy) is 1. The van der Waals surface area contributed by atoms with E-state index in [9.17, 15) is 9.59 Å². The zero-order valence-electron chi connectivity index (χ0n) is 16.7. The third-order valence-corrected chi connectivity index (χ3v) is 10.3. The molecule has 1 aliphatic heterocycles. The van der Waals surface area contributed by atoms with Crippen LogP contribution in [0.15, 0.2) is 18.2 Å². The Morgan fingerprint density at radius 3 is 2.29 bits per heavy atom. The highest BCUT2D eigenvalue weighted by molar-refractivity contribution is 8.21. The lowest BCUT2D eigenvalue weighted by Crippen LogP contribution is -2.48. The number of carbonyl (C=O) groups is 2. The molecular formula is C22H29NO3S2. The first-order chi connectivity index (χ1) is 13.5. The van der Waals surface area contributed by atoms with E-state index < -0.39 is 0 Å². The van der Waals surface area contributed by atoms with Gasteiger partial charge in [-0.05, 0) is 74.6 Å². The first-order valence-corrected chi connectivity index (χ1v) is 12.3. The first kappa shape index (κ1) is 20.1. The molecule has 1 heterocycles. The van der Waals surface area contributed by atoms with E-state index in [0.717, 1.165) is 29.7 Å². The summed E-state index contributed by atoms with van der Waals surface area (Å²) in [5, 5.41) is 2.84. The number of carbonyl (C=O) groups excluding carboxylic acids is 2. The maximum Gasteiger partial charge on any atom is 0.309 e. The number of rotatable bonds is 4. The van der Waals surface area contributed by atoms with E-state index in [1.807, 2.05) is 26.0 Å². The van der Waals surface area contributed by atoms with E-state index in [1.54, 1.807) is 0 Å². The van der Waals surface area contributed by atoms with Gasteiger partial charge in [-0.15, -0.1) is 23.5 Å². The van der Waals surface area contributed by atoms with E-state index in [2.05, 4.69) is 34.9 Å². The summed E-state index contributed by atoms with van der Waals surface area (Å²) in [5.74, 6) is 3.20. The normalized spacial score (nSPS) is 28.1. The number of benzene rings is 1. The van der Waals surface area contributed by atoms with Crippen LogP contribution in [-0.2, 0) is 14.3 Å². The lowest BCUT2D eigenvalue weighted by Gasteiger charge is -2.51. The molecule has 4 nitrogen and oxygen atoms in total. The molecule has 1 N–H and O–H groups in total. The molecule has 1 spiro atoms. The molecule has 152 valence electrons. The van der Waals surface area contributed by atoms with Crippen molar-refractivity contribution in [3.63, 3.8) is 0 Å². The fourth-order valence-electron chi connectivity index (χ4n) is 5.30. The monoisotopic (exact) mass is 419 g/mol. The number of amides is 1. The second kappa shape index (κ2) is 8.31. The molecule has 6 heteroatoms. The van der Waals surface area contributed by atoms with Gasteiger partial charge in [0.25, 0.3) is 5.91 Å². The average molecular weight is 420 g/mol. The topological polar surface area (TPSA) is 55.4 Å². The van der Waals surface area contributed by atoms with Crippen molar-refractivity contribution in [3.8, 4) is 0 Å². The Kier molecular flexibility index (Phi) is 5.98. The summed E-state index contributed by atoms with van der Waals surface area (Å²) in [7, 11) is 0. The van der Waals surface area contributed by atoms with E-state index in [-0.39, 0.29) is 24.4 Å². The summed E-state index contributed by atoms with van der Waals surface area (Å²) >= 11 is 4.28. The van der Waals surface area contributed by atoms with Gasteiger partial charge in [0.2, 0.25) is 0 Å². The third-order valence-electron chi connectivity index (χ3n) is 6.30. The minimum absolute atomic E-state index is 0.0447. The van der Waals surface area contributed by atoms with Gasteiger partial charge < -0.3 is 10.1 Å². The Labute approximate surface area is 175 Å². The molecule has 2 bridgehead atoms. The number of hydrogen-bond acceptors (Lipinski definition) is 5. The van der Waals surface area contributed by atoms with Crippen LogP contribution in [-0.4, -0.2) is 34.1 Å². The minimum Gasteiger partial charge on any atom is -0.455 e. The maximum atomic E-state index is 12.7. The Morgan fingerprint density at radius 2 is 1.68 bits per heavy atom. The minimum atomic E-state index is -0.271. The molecule has 0 unspecified atom stereocenters.